The molecular formula is C64H88ClN7O12. The summed E-state index contributed by atoms with van der Waals surface area (Å²) in [6, 6.07) is 39.8. The number of amides is 4. The molecule has 0 spiro atoms. The number of β-amino-alcohol motifs (C(OH)–C–C–N with tert-alkyl or cyclic N) is 1. The predicted molar refractivity (Wildman–Crippen MR) is 321 cm³/mol. The van der Waals surface area contributed by atoms with E-state index in [-0.39, 0.29) is 73.7 Å². The molecule has 0 bridgehead atoms. The van der Waals surface area contributed by atoms with Crippen LogP contribution in [0.2, 0.25) is 0 Å². The van der Waals surface area contributed by atoms with Crippen molar-refractivity contribution in [2.75, 3.05) is 99.9 Å². The maximum atomic E-state index is 12.4. The van der Waals surface area contributed by atoms with Gasteiger partial charge in [0, 0.05) is 53.9 Å². The number of carbonyl (C=O) groups excluding carboxylic acids is 5. The minimum atomic E-state index is -0.932. The van der Waals surface area contributed by atoms with Gasteiger partial charge in [0.15, 0.2) is 12.0 Å². The van der Waals surface area contributed by atoms with E-state index in [9.17, 15) is 29.1 Å². The van der Waals surface area contributed by atoms with Crippen LogP contribution in [0.15, 0.2) is 121 Å². The van der Waals surface area contributed by atoms with Gasteiger partial charge in [0.25, 0.3) is 0 Å². The standard InChI is InChI=1S/C17H21N3O2.C15H21NO3.C14H19NO3.C10H13NO.C8H13NO3.ClH/c1-22-17(15-5-3-2-4-6-15)11-20(12-17)16(21)9-14-7-8-19(10-14)13-18;1-14(2,3)19-13(17)16-10-15(11-16,18-4)12-8-6-5-7-9-12;1-13(2,3)18-12(16)15-9-14(17,10-15)11-7-5-4-6-8-11;1-12-10(7-11-8-10)9-5-3-2-4-6-9;1-8(2,3)12-7(11)9-4-6(10)5-9;/h2-6,14H,7-12H2,1H3;5-9H,10-11H2,1-4H3;4-8,17H,9-10H2,1-3H3;2-6,11H,7-8H2,1H3;4-5H2,1-3H3;1H/t14-;;;;;/m0...../s1. The highest BCUT2D eigenvalue weighted by Crippen LogP contribution is 2.38. The van der Waals surface area contributed by atoms with Crippen molar-refractivity contribution in [3.8, 4) is 6.19 Å². The van der Waals surface area contributed by atoms with Crippen LogP contribution < -0.4 is 5.32 Å². The zero-order chi connectivity index (χ0) is 60.9. The number of nitrogens with one attached hydrogen (secondary N) is 1. The van der Waals surface area contributed by atoms with Crippen LogP contribution in [0.25, 0.3) is 0 Å². The second kappa shape index (κ2) is 28.9. The predicted octanol–water partition coefficient (Wildman–Crippen LogP) is 8.83. The molecule has 6 aliphatic heterocycles. The van der Waals surface area contributed by atoms with E-state index in [2.05, 4.69) is 35.8 Å². The number of ketones is 1. The van der Waals surface area contributed by atoms with Crippen LogP contribution in [-0.4, -0.2) is 176 Å². The van der Waals surface area contributed by atoms with Crippen molar-refractivity contribution >= 4 is 42.4 Å². The number of aliphatic hydroxyl groups is 1. The molecule has 0 radical (unpaired) electrons. The first-order chi connectivity index (χ1) is 39.1. The van der Waals surface area contributed by atoms with Gasteiger partial charge < -0.3 is 58.4 Å². The SMILES string of the molecule is CC(C)(C)OC(=O)N1CC(=O)C1.CC(C)(C)OC(=O)N1CC(O)(c2ccccc2)C1.COC1(c2ccccc2)CN(C(=O)C[C@@H]2CCN(C#N)C2)C1.COC1(c2ccccc2)CN(C(=O)OC(C)(C)C)C1.COC1(c2ccccc2)CNC1.Cl. The third-order valence-electron chi connectivity index (χ3n) is 14.8. The van der Waals surface area contributed by atoms with E-state index in [1.165, 1.54) is 15.4 Å². The molecule has 10 rings (SSSR count). The van der Waals surface area contributed by atoms with Gasteiger partial charge in [-0.1, -0.05) is 121 Å². The number of methoxy groups -OCH3 is 3. The summed E-state index contributed by atoms with van der Waals surface area (Å²) in [6.45, 7) is 23.1. The Morgan fingerprint density at radius 2 is 0.893 bits per heavy atom. The third-order valence-corrected chi connectivity index (χ3v) is 14.8. The van der Waals surface area contributed by atoms with Crippen molar-refractivity contribution in [1.82, 2.24) is 29.8 Å². The molecule has 4 aromatic rings. The second-order valence-corrected chi connectivity index (χ2v) is 24.9. The molecule has 4 amide bonds. The van der Waals surface area contributed by atoms with E-state index in [1.54, 1.807) is 51.9 Å². The van der Waals surface area contributed by atoms with Gasteiger partial charge in [-0.25, -0.2) is 14.4 Å². The number of carbonyl (C=O) groups is 5. The number of benzene rings is 4. The molecule has 0 saturated carbocycles. The van der Waals surface area contributed by atoms with Crippen molar-refractivity contribution < 1.29 is 57.5 Å². The molecule has 6 aliphatic rings. The molecule has 4 aromatic carbocycles. The number of ether oxygens (including phenoxy) is 6. The maximum Gasteiger partial charge on any atom is 0.411 e. The first kappa shape index (κ1) is 68.0. The molecule has 6 fully saturated rings. The Bertz CT molecular complexity index is 2790. The highest BCUT2D eigenvalue weighted by atomic mass is 35.5. The summed E-state index contributed by atoms with van der Waals surface area (Å²) in [5.41, 5.74) is 1.15. The van der Waals surface area contributed by atoms with Crippen LogP contribution in [0.4, 0.5) is 14.4 Å². The average molecular weight is 1180 g/mol. The summed E-state index contributed by atoms with van der Waals surface area (Å²) in [5, 5.41) is 22.5. The molecule has 458 valence electrons. The molecule has 20 heteroatoms. The van der Waals surface area contributed by atoms with Crippen LogP contribution in [0.5, 0.6) is 0 Å². The zero-order valence-electron chi connectivity index (χ0n) is 51.1. The first-order valence-corrected chi connectivity index (χ1v) is 28.3. The second-order valence-electron chi connectivity index (χ2n) is 24.9. The maximum absolute atomic E-state index is 12.4. The summed E-state index contributed by atoms with van der Waals surface area (Å²) < 4.78 is 32.4. The highest BCUT2D eigenvalue weighted by Gasteiger charge is 2.50. The molecule has 0 aromatic heterocycles. The molecule has 0 aliphatic carbocycles. The van der Waals surface area contributed by atoms with Gasteiger partial charge in [-0.05, 0) is 96.9 Å². The summed E-state index contributed by atoms with van der Waals surface area (Å²) in [6.07, 6.45) is 2.57. The molecule has 6 saturated heterocycles. The van der Waals surface area contributed by atoms with Crippen molar-refractivity contribution in [1.29, 1.82) is 5.26 Å². The Morgan fingerprint density at radius 1 is 0.548 bits per heavy atom. The summed E-state index contributed by atoms with van der Waals surface area (Å²) in [7, 11) is 5.16. The van der Waals surface area contributed by atoms with Gasteiger partial charge in [-0.15, -0.1) is 12.4 Å². The molecular weight excluding hydrogens is 1090 g/mol. The van der Waals surface area contributed by atoms with Gasteiger partial charge in [0.2, 0.25) is 5.91 Å². The number of rotatable bonds is 9. The van der Waals surface area contributed by atoms with Gasteiger partial charge in [-0.2, -0.15) is 5.26 Å². The number of Topliss-reactive ketones (excluding diaryl/α,β-unsaturated/α-hetero) is 1. The van der Waals surface area contributed by atoms with Crippen LogP contribution in [-0.2, 0) is 60.4 Å². The summed E-state index contributed by atoms with van der Waals surface area (Å²) in [5.74, 6) is 0.565. The Kier molecular flexibility index (Phi) is 23.4. The van der Waals surface area contributed by atoms with Crippen LogP contribution in [0.1, 0.15) is 97.4 Å². The van der Waals surface area contributed by atoms with Crippen LogP contribution in [0.3, 0.4) is 0 Å². The van der Waals surface area contributed by atoms with Crippen LogP contribution in [0, 0.1) is 17.4 Å². The lowest BCUT2D eigenvalue weighted by atomic mass is 9.85. The molecule has 2 N–H and O–H groups in total. The fourth-order valence-corrected chi connectivity index (χ4v) is 9.95. The number of hydrogen-bond acceptors (Lipinski definition) is 15. The number of nitriles is 1. The monoisotopic (exact) mass is 1180 g/mol. The quantitative estimate of drug-likeness (QED) is 0.118. The topological polar surface area (TPSA) is 213 Å². The van der Waals surface area contributed by atoms with Crippen molar-refractivity contribution in [3.05, 3.63) is 144 Å². The van der Waals surface area contributed by atoms with Gasteiger partial charge in [0.05, 0.1) is 52.4 Å². The molecule has 6 heterocycles. The Labute approximate surface area is 502 Å². The fraction of sp³-hybridized carbons (Fsp3) is 0.531. The highest BCUT2D eigenvalue weighted by molar-refractivity contribution is 5.94. The number of nitrogens with zero attached hydrogens (tertiary/aromatic N) is 6. The average Bonchev–Trinajstić information content (AvgIpc) is 1.20. The Morgan fingerprint density at radius 3 is 1.21 bits per heavy atom. The minimum Gasteiger partial charge on any atom is -0.444 e. The molecule has 84 heavy (non-hydrogen) atoms. The van der Waals surface area contributed by atoms with Crippen molar-refractivity contribution in [2.24, 2.45) is 5.92 Å². The molecule has 0 unspecified atom stereocenters. The van der Waals surface area contributed by atoms with Gasteiger partial charge >= 0.3 is 18.3 Å². The minimum absolute atomic E-state index is 0. The normalized spacial score (nSPS) is 19.3. The van der Waals surface area contributed by atoms with E-state index < -0.39 is 34.1 Å². The smallest absolute Gasteiger partial charge is 0.411 e. The van der Waals surface area contributed by atoms with Crippen molar-refractivity contribution in [2.45, 2.75) is 114 Å². The lowest BCUT2D eigenvalue weighted by molar-refractivity contribution is -0.165. The fourth-order valence-electron chi connectivity index (χ4n) is 9.95. The van der Waals surface area contributed by atoms with E-state index >= 15 is 0 Å². The Hall–Kier alpha value is -6.79. The van der Waals surface area contributed by atoms with E-state index in [1.807, 2.05) is 144 Å². The molecule has 1 atom stereocenters. The number of hydrogen-bond donors (Lipinski definition) is 2. The zero-order valence-corrected chi connectivity index (χ0v) is 51.9. The lowest BCUT2D eigenvalue weighted by Crippen LogP contribution is -2.62. The third kappa shape index (κ3) is 18.4. The lowest BCUT2D eigenvalue weighted by Gasteiger charge is -2.49. The van der Waals surface area contributed by atoms with Gasteiger partial charge in [-0.3, -0.25) is 14.5 Å². The first-order valence-electron chi connectivity index (χ1n) is 28.3. The Balaban J connectivity index is 0.000000195. The number of likely N-dealkylation sites (tertiary alicyclic amines) is 5. The van der Waals surface area contributed by atoms with E-state index in [4.69, 9.17) is 33.7 Å². The van der Waals surface area contributed by atoms with Crippen LogP contribution >= 0.6 is 12.4 Å². The number of halogens is 1. The van der Waals surface area contributed by atoms with Gasteiger partial charge in [0.1, 0.15) is 39.2 Å². The molecule has 19 nitrogen and oxygen atoms in total. The van der Waals surface area contributed by atoms with E-state index in [0.29, 0.717) is 45.1 Å². The largest absolute Gasteiger partial charge is 0.444 e. The van der Waals surface area contributed by atoms with E-state index in [0.717, 1.165) is 42.7 Å². The summed E-state index contributed by atoms with van der Waals surface area (Å²) in [4.78, 5) is 65.9. The summed E-state index contributed by atoms with van der Waals surface area (Å²) >= 11 is 0. The van der Waals surface area contributed by atoms with Crippen molar-refractivity contribution in [3.63, 3.8) is 0 Å².